The maximum absolute atomic E-state index is 12.2. The van der Waals surface area contributed by atoms with Crippen LogP contribution in [0, 0.1) is 5.92 Å². The largest absolute Gasteiger partial charge is 0.480 e. The number of carbonyl (C=O) groups is 4. The lowest BCUT2D eigenvalue weighted by molar-refractivity contribution is -0.152. The van der Waals surface area contributed by atoms with Gasteiger partial charge in [-0.2, -0.15) is 0 Å². The number of imide groups is 1. The Morgan fingerprint density at radius 3 is 1.90 bits per heavy atom. The van der Waals surface area contributed by atoms with E-state index in [-0.39, 0.29) is 5.92 Å². The highest BCUT2D eigenvalue weighted by atomic mass is 16.4. The molecule has 1 atom stereocenters. The molecule has 1 aliphatic rings. The number of aliphatic carboxylic acids is 1. The van der Waals surface area contributed by atoms with Gasteiger partial charge in [-0.05, 0) is 19.8 Å². The zero-order valence-electron chi connectivity index (χ0n) is 12.8. The second-order valence-electron chi connectivity index (χ2n) is 5.48. The molecular formula is C14H20N2O5. The number of nitrogens with zero attached hydrogens (tertiary/aromatic N) is 2. The van der Waals surface area contributed by atoms with Gasteiger partial charge >= 0.3 is 5.97 Å². The summed E-state index contributed by atoms with van der Waals surface area (Å²) in [6.07, 6.45) is 0. The second kappa shape index (κ2) is 6.07. The van der Waals surface area contributed by atoms with Gasteiger partial charge < -0.3 is 10.0 Å². The summed E-state index contributed by atoms with van der Waals surface area (Å²) in [6, 6.07) is -1.000. The van der Waals surface area contributed by atoms with Crippen LogP contribution in [-0.4, -0.2) is 58.2 Å². The van der Waals surface area contributed by atoms with E-state index >= 15 is 0 Å². The van der Waals surface area contributed by atoms with Crippen molar-refractivity contribution in [2.75, 3.05) is 13.6 Å². The van der Waals surface area contributed by atoms with Crippen LogP contribution in [0.3, 0.4) is 0 Å². The van der Waals surface area contributed by atoms with Gasteiger partial charge in [0.1, 0.15) is 12.6 Å². The van der Waals surface area contributed by atoms with E-state index in [0.717, 1.165) is 9.80 Å². The van der Waals surface area contributed by atoms with E-state index in [1.165, 1.54) is 20.9 Å². The van der Waals surface area contributed by atoms with Gasteiger partial charge in [0.05, 0.1) is 0 Å². The second-order valence-corrected chi connectivity index (χ2v) is 5.48. The van der Waals surface area contributed by atoms with Gasteiger partial charge in [0.15, 0.2) is 0 Å². The molecule has 116 valence electrons. The predicted octanol–water partition coefficient (Wildman–Crippen LogP) is 0.259. The van der Waals surface area contributed by atoms with E-state index in [9.17, 15) is 19.2 Å². The Morgan fingerprint density at radius 1 is 1.14 bits per heavy atom. The third-order valence-electron chi connectivity index (χ3n) is 3.68. The summed E-state index contributed by atoms with van der Waals surface area (Å²) >= 11 is 0. The number of carbonyl (C=O) groups excluding carboxylic acids is 3. The van der Waals surface area contributed by atoms with Crippen LogP contribution in [0.15, 0.2) is 11.1 Å². The first-order valence-electron chi connectivity index (χ1n) is 6.61. The maximum Gasteiger partial charge on any atom is 0.326 e. The highest BCUT2D eigenvalue weighted by Gasteiger charge is 2.37. The molecule has 1 N–H and O–H groups in total. The summed E-state index contributed by atoms with van der Waals surface area (Å²) in [5.41, 5.74) is 0.628. The molecule has 21 heavy (non-hydrogen) atoms. The molecule has 0 fully saturated rings. The van der Waals surface area contributed by atoms with Crippen LogP contribution in [-0.2, 0) is 19.2 Å². The van der Waals surface area contributed by atoms with Gasteiger partial charge in [-0.15, -0.1) is 0 Å². The standard InChI is InChI=1S/C14H20N2O5/c1-7(2)11(14(20)21)15(5)10(17)6-16-12(18)8(3)9(4)13(16)19/h7,11H,6H2,1-5H3,(H,20,21). The van der Waals surface area contributed by atoms with Crippen molar-refractivity contribution < 1.29 is 24.3 Å². The molecule has 0 bridgehead atoms. The van der Waals surface area contributed by atoms with Gasteiger partial charge in [-0.1, -0.05) is 13.8 Å². The summed E-state index contributed by atoms with van der Waals surface area (Å²) in [5, 5.41) is 9.16. The molecule has 0 radical (unpaired) electrons. The van der Waals surface area contributed by atoms with Crippen LogP contribution < -0.4 is 0 Å². The Balaban J connectivity index is 2.85. The van der Waals surface area contributed by atoms with Crippen LogP contribution in [0.25, 0.3) is 0 Å². The number of amides is 3. The first kappa shape index (κ1) is 16.9. The SMILES string of the molecule is CC1=C(C)C(=O)N(CC(=O)N(C)C(C(=O)O)C(C)C)C1=O. The molecule has 1 rings (SSSR count). The zero-order chi connectivity index (χ0) is 16.5. The molecule has 7 nitrogen and oxygen atoms in total. The van der Waals surface area contributed by atoms with Crippen molar-refractivity contribution in [2.24, 2.45) is 5.92 Å². The fourth-order valence-electron chi connectivity index (χ4n) is 2.26. The Labute approximate surface area is 123 Å². The molecule has 0 aromatic heterocycles. The topological polar surface area (TPSA) is 95.0 Å². The molecule has 0 saturated carbocycles. The summed E-state index contributed by atoms with van der Waals surface area (Å²) in [5.74, 6) is -3.00. The Morgan fingerprint density at radius 2 is 1.57 bits per heavy atom. The summed E-state index contributed by atoms with van der Waals surface area (Å²) in [7, 11) is 1.36. The van der Waals surface area contributed by atoms with Crippen molar-refractivity contribution >= 4 is 23.7 Å². The zero-order valence-corrected chi connectivity index (χ0v) is 12.8. The summed E-state index contributed by atoms with van der Waals surface area (Å²) < 4.78 is 0. The lowest BCUT2D eigenvalue weighted by Gasteiger charge is -2.29. The van der Waals surface area contributed by atoms with E-state index in [4.69, 9.17) is 5.11 Å². The monoisotopic (exact) mass is 296 g/mol. The van der Waals surface area contributed by atoms with Crippen LogP contribution in [0.4, 0.5) is 0 Å². The first-order valence-corrected chi connectivity index (χ1v) is 6.61. The van der Waals surface area contributed by atoms with E-state index in [2.05, 4.69) is 0 Å². The number of hydrogen-bond acceptors (Lipinski definition) is 4. The number of likely N-dealkylation sites (N-methyl/N-ethyl adjacent to an activating group) is 1. The van der Waals surface area contributed by atoms with Gasteiger partial charge in [-0.3, -0.25) is 19.3 Å². The van der Waals surface area contributed by atoms with Crippen LogP contribution in [0.2, 0.25) is 0 Å². The van der Waals surface area contributed by atoms with Gasteiger partial charge in [0.2, 0.25) is 5.91 Å². The maximum atomic E-state index is 12.2. The number of carboxylic acid groups (broad SMARTS) is 1. The minimum absolute atomic E-state index is 0.289. The highest BCUT2D eigenvalue weighted by molar-refractivity contribution is 6.19. The van der Waals surface area contributed by atoms with Crippen molar-refractivity contribution in [3.05, 3.63) is 11.1 Å². The molecule has 1 heterocycles. The normalized spacial score (nSPS) is 16.8. The number of rotatable bonds is 5. The van der Waals surface area contributed by atoms with Crippen molar-refractivity contribution in [1.29, 1.82) is 0 Å². The third kappa shape index (κ3) is 3.12. The van der Waals surface area contributed by atoms with E-state index < -0.39 is 36.3 Å². The van der Waals surface area contributed by atoms with Gasteiger partial charge in [0, 0.05) is 18.2 Å². The predicted molar refractivity (Wildman–Crippen MR) is 74.1 cm³/mol. The molecule has 1 unspecified atom stereocenters. The first-order chi connectivity index (χ1) is 9.59. The molecule has 0 spiro atoms. The van der Waals surface area contributed by atoms with Gasteiger partial charge in [-0.25, -0.2) is 4.79 Å². The summed E-state index contributed by atoms with van der Waals surface area (Å²) in [6.45, 7) is 5.98. The minimum Gasteiger partial charge on any atom is -0.480 e. The average molecular weight is 296 g/mol. The minimum atomic E-state index is -1.12. The number of hydrogen-bond donors (Lipinski definition) is 1. The van der Waals surface area contributed by atoms with Gasteiger partial charge in [0.25, 0.3) is 11.8 Å². The van der Waals surface area contributed by atoms with Crippen LogP contribution >= 0.6 is 0 Å². The Bertz CT molecular complexity index is 511. The molecule has 0 aromatic carbocycles. The fourth-order valence-corrected chi connectivity index (χ4v) is 2.26. The Kier molecular flexibility index (Phi) is 4.88. The van der Waals surface area contributed by atoms with Crippen molar-refractivity contribution in [3.63, 3.8) is 0 Å². The van der Waals surface area contributed by atoms with Crippen molar-refractivity contribution in [3.8, 4) is 0 Å². The molecular weight excluding hydrogens is 276 g/mol. The lowest BCUT2D eigenvalue weighted by atomic mass is 10.0. The molecule has 3 amide bonds. The third-order valence-corrected chi connectivity index (χ3v) is 3.68. The van der Waals surface area contributed by atoms with Crippen molar-refractivity contribution in [2.45, 2.75) is 33.7 Å². The van der Waals surface area contributed by atoms with Crippen molar-refractivity contribution in [1.82, 2.24) is 9.80 Å². The highest BCUT2D eigenvalue weighted by Crippen LogP contribution is 2.20. The molecule has 1 aliphatic heterocycles. The van der Waals surface area contributed by atoms with E-state index in [1.807, 2.05) is 0 Å². The quantitative estimate of drug-likeness (QED) is 0.734. The van der Waals surface area contributed by atoms with Crippen LogP contribution in [0.1, 0.15) is 27.7 Å². The smallest absolute Gasteiger partial charge is 0.326 e. The Hall–Kier alpha value is -2.18. The lowest BCUT2D eigenvalue weighted by Crippen LogP contribution is -2.50. The number of carboxylic acids is 1. The molecule has 0 aliphatic carbocycles. The average Bonchev–Trinajstić information content (AvgIpc) is 2.55. The van der Waals surface area contributed by atoms with E-state index in [1.54, 1.807) is 13.8 Å². The molecule has 7 heteroatoms. The molecule has 0 aromatic rings. The molecule has 0 saturated heterocycles. The van der Waals surface area contributed by atoms with Crippen LogP contribution in [0.5, 0.6) is 0 Å². The van der Waals surface area contributed by atoms with E-state index in [0.29, 0.717) is 11.1 Å². The fraction of sp³-hybridized carbons (Fsp3) is 0.571. The summed E-state index contributed by atoms with van der Waals surface area (Å²) in [4.78, 5) is 49.0.